The van der Waals surface area contributed by atoms with Crippen molar-refractivity contribution in [1.82, 2.24) is 9.97 Å². The van der Waals surface area contributed by atoms with Gasteiger partial charge in [-0.05, 0) is 37.0 Å². The van der Waals surface area contributed by atoms with Crippen LogP contribution >= 0.6 is 0 Å². The Labute approximate surface area is 178 Å². The Morgan fingerprint density at radius 2 is 1.50 bits per heavy atom. The first-order valence-corrected chi connectivity index (χ1v) is 11.0. The van der Waals surface area contributed by atoms with Crippen molar-refractivity contribution < 1.29 is 4.79 Å². The summed E-state index contributed by atoms with van der Waals surface area (Å²) in [6.45, 7) is 0. The Bertz CT molecular complexity index is 1020. The van der Waals surface area contributed by atoms with Crippen molar-refractivity contribution in [3.05, 3.63) is 84.2 Å². The van der Waals surface area contributed by atoms with Gasteiger partial charge in [-0.3, -0.25) is 9.78 Å². The highest BCUT2D eigenvalue weighted by molar-refractivity contribution is 6.05. The molecular weight excluding hydrogens is 370 g/mol. The normalized spacial score (nSPS) is 15.1. The van der Waals surface area contributed by atoms with Crippen LogP contribution < -0.4 is 5.32 Å². The highest BCUT2D eigenvalue weighted by atomic mass is 16.1. The highest BCUT2D eigenvalue weighted by Crippen LogP contribution is 2.38. The molecule has 0 unspecified atom stereocenters. The van der Waals surface area contributed by atoms with E-state index in [1.54, 1.807) is 0 Å². The number of carbonyl (C=O) groups excluding carboxylic acids is 1. The summed E-state index contributed by atoms with van der Waals surface area (Å²) in [5.41, 5.74) is 4.67. The third-order valence-corrected chi connectivity index (χ3v) is 5.86. The molecule has 1 fully saturated rings. The molecule has 0 atom stereocenters. The van der Waals surface area contributed by atoms with Crippen molar-refractivity contribution in [2.75, 3.05) is 5.32 Å². The van der Waals surface area contributed by atoms with Crippen molar-refractivity contribution in [3.63, 3.8) is 0 Å². The van der Waals surface area contributed by atoms with Gasteiger partial charge in [0, 0.05) is 17.3 Å². The summed E-state index contributed by atoms with van der Waals surface area (Å²) in [5.74, 6) is 0.319. The van der Waals surface area contributed by atoms with Crippen molar-refractivity contribution in [1.29, 1.82) is 0 Å². The van der Waals surface area contributed by atoms with E-state index in [9.17, 15) is 4.79 Å². The number of pyridine rings is 1. The minimum absolute atomic E-state index is 0.117. The van der Waals surface area contributed by atoms with E-state index in [4.69, 9.17) is 0 Å². The number of amides is 1. The molecular formula is C26H29N3O. The van der Waals surface area contributed by atoms with Gasteiger partial charge in [0.1, 0.15) is 0 Å². The summed E-state index contributed by atoms with van der Waals surface area (Å²) in [6, 6.07) is 19.1. The SMILES string of the molecule is O=C(Nc1cnc2cc[nH]c2c1C1CCCCCCC1)c1ccccccccc1. The molecule has 0 radical (unpaired) electrons. The fourth-order valence-electron chi connectivity index (χ4n) is 4.33. The van der Waals surface area contributed by atoms with Crippen LogP contribution in [0.3, 0.4) is 0 Å². The van der Waals surface area contributed by atoms with Gasteiger partial charge < -0.3 is 10.3 Å². The number of nitrogens with zero attached hydrogens (tertiary/aromatic N) is 1. The first-order chi connectivity index (χ1) is 14.8. The van der Waals surface area contributed by atoms with E-state index in [1.165, 1.54) is 37.7 Å². The maximum Gasteiger partial charge on any atom is 0.255 e. The lowest BCUT2D eigenvalue weighted by Gasteiger charge is -2.23. The number of H-pyrrole nitrogens is 1. The summed E-state index contributed by atoms with van der Waals surface area (Å²) in [6.07, 6.45) is 12.5. The standard InChI is InChI=1S/C26H29N3O/c30-26(21-15-11-5-2-1-3-6-12-16-21)29-23-19-28-22-17-18-27-25(22)24(23)20-13-9-7-4-8-10-14-20/h1-3,5-6,11-12,15-20,27H,4,7-10,13-14H2,(H,29,30). The molecule has 154 valence electrons. The van der Waals surface area contributed by atoms with Crippen LogP contribution in [0.15, 0.2) is 73.1 Å². The van der Waals surface area contributed by atoms with Gasteiger partial charge in [-0.15, -0.1) is 0 Å². The smallest absolute Gasteiger partial charge is 0.255 e. The maximum absolute atomic E-state index is 13.1. The lowest BCUT2D eigenvalue weighted by Crippen LogP contribution is -2.15. The molecule has 0 aliphatic heterocycles. The molecule has 3 aromatic rings. The quantitative estimate of drug-likeness (QED) is 0.511. The van der Waals surface area contributed by atoms with Gasteiger partial charge in [0.2, 0.25) is 0 Å². The highest BCUT2D eigenvalue weighted by Gasteiger charge is 2.22. The predicted molar refractivity (Wildman–Crippen MR) is 123 cm³/mol. The van der Waals surface area contributed by atoms with E-state index >= 15 is 0 Å². The number of fused-ring (bicyclic) bond motifs is 1. The molecule has 4 rings (SSSR count). The van der Waals surface area contributed by atoms with Crippen molar-refractivity contribution >= 4 is 22.6 Å². The zero-order valence-electron chi connectivity index (χ0n) is 17.3. The Morgan fingerprint density at radius 3 is 2.20 bits per heavy atom. The summed E-state index contributed by atoms with van der Waals surface area (Å²) in [7, 11) is 0. The Hall–Kier alpha value is -3.14. The molecule has 0 bridgehead atoms. The Balaban J connectivity index is 1.70. The molecule has 1 aliphatic rings. The van der Waals surface area contributed by atoms with Crippen LogP contribution in [0.5, 0.6) is 0 Å². The summed E-state index contributed by atoms with van der Waals surface area (Å²) >= 11 is 0. The lowest BCUT2D eigenvalue weighted by molar-refractivity contribution is 0.102. The van der Waals surface area contributed by atoms with Crippen LogP contribution in [0.2, 0.25) is 0 Å². The topological polar surface area (TPSA) is 57.8 Å². The molecule has 0 saturated heterocycles. The van der Waals surface area contributed by atoms with Crippen molar-refractivity contribution in [3.8, 4) is 0 Å². The van der Waals surface area contributed by atoms with E-state index in [0.717, 1.165) is 29.6 Å². The number of aromatic nitrogens is 2. The number of nitrogens with one attached hydrogen (secondary N) is 2. The minimum Gasteiger partial charge on any atom is -0.360 e. The van der Waals surface area contributed by atoms with Gasteiger partial charge in [-0.1, -0.05) is 74.6 Å². The van der Waals surface area contributed by atoms with Crippen LogP contribution in [0.25, 0.3) is 11.0 Å². The fourth-order valence-corrected chi connectivity index (χ4v) is 4.33. The van der Waals surface area contributed by atoms with Crippen LogP contribution in [0.4, 0.5) is 5.69 Å². The first-order valence-electron chi connectivity index (χ1n) is 11.0. The molecule has 4 heteroatoms. The molecule has 1 aromatic carbocycles. The molecule has 30 heavy (non-hydrogen) atoms. The monoisotopic (exact) mass is 399 g/mol. The summed E-state index contributed by atoms with van der Waals surface area (Å²) in [5, 5.41) is 3.16. The second-order valence-electron chi connectivity index (χ2n) is 7.96. The number of anilines is 1. The third kappa shape index (κ3) is 4.88. The molecule has 2 aromatic heterocycles. The molecule has 1 amide bonds. The molecule has 2 heterocycles. The van der Waals surface area contributed by atoms with Gasteiger partial charge in [0.25, 0.3) is 5.91 Å². The average molecular weight is 400 g/mol. The van der Waals surface area contributed by atoms with Crippen LogP contribution in [-0.2, 0) is 0 Å². The Morgan fingerprint density at radius 1 is 0.867 bits per heavy atom. The number of aromatic amines is 1. The van der Waals surface area contributed by atoms with Gasteiger partial charge in [-0.25, -0.2) is 0 Å². The zero-order valence-corrected chi connectivity index (χ0v) is 17.3. The maximum atomic E-state index is 13.1. The molecule has 1 saturated carbocycles. The van der Waals surface area contributed by atoms with Gasteiger partial charge >= 0.3 is 0 Å². The average Bonchev–Trinajstić information content (AvgIpc) is 3.21. The van der Waals surface area contributed by atoms with Crippen molar-refractivity contribution in [2.45, 2.75) is 50.9 Å². The van der Waals surface area contributed by atoms with E-state index < -0.39 is 0 Å². The van der Waals surface area contributed by atoms with E-state index in [2.05, 4.69) is 15.3 Å². The van der Waals surface area contributed by atoms with E-state index in [1.807, 2.05) is 73.1 Å². The van der Waals surface area contributed by atoms with E-state index in [0.29, 0.717) is 11.5 Å². The minimum atomic E-state index is -0.117. The van der Waals surface area contributed by atoms with Crippen LogP contribution in [0, 0.1) is 0 Å². The predicted octanol–water partition coefficient (Wildman–Crippen LogP) is 6.77. The largest absolute Gasteiger partial charge is 0.360 e. The van der Waals surface area contributed by atoms with Crippen LogP contribution in [-0.4, -0.2) is 15.9 Å². The summed E-state index contributed by atoms with van der Waals surface area (Å²) < 4.78 is 0. The molecule has 4 nitrogen and oxygen atoms in total. The molecule has 2 N–H and O–H groups in total. The second kappa shape index (κ2) is 10.1. The second-order valence-corrected chi connectivity index (χ2v) is 7.96. The van der Waals surface area contributed by atoms with Crippen molar-refractivity contribution in [2.24, 2.45) is 0 Å². The van der Waals surface area contributed by atoms with Gasteiger partial charge in [-0.2, -0.15) is 0 Å². The Kier molecular flexibility index (Phi) is 6.75. The van der Waals surface area contributed by atoms with E-state index in [-0.39, 0.29) is 5.91 Å². The first kappa shape index (κ1) is 20.1. The third-order valence-electron chi connectivity index (χ3n) is 5.86. The number of hydrogen-bond acceptors (Lipinski definition) is 2. The number of rotatable bonds is 3. The fraction of sp³-hybridized carbons (Fsp3) is 0.308. The molecule has 1 aliphatic carbocycles. The molecule has 0 spiro atoms. The zero-order chi connectivity index (χ0) is 20.6. The number of carbonyl (C=O) groups is 1. The summed E-state index contributed by atoms with van der Waals surface area (Å²) in [4.78, 5) is 21.1. The van der Waals surface area contributed by atoms with Gasteiger partial charge in [0.15, 0.2) is 0 Å². The van der Waals surface area contributed by atoms with Crippen LogP contribution in [0.1, 0.15) is 66.8 Å². The number of hydrogen-bond donors (Lipinski definition) is 2. The lowest BCUT2D eigenvalue weighted by atomic mass is 9.85. The van der Waals surface area contributed by atoms with Gasteiger partial charge in [0.05, 0.1) is 22.9 Å².